The summed E-state index contributed by atoms with van der Waals surface area (Å²) in [6, 6.07) is 11.8. The van der Waals surface area contributed by atoms with E-state index in [9.17, 15) is 24.0 Å². The smallest absolute Gasteiger partial charge is 0.246 e. The van der Waals surface area contributed by atoms with Gasteiger partial charge in [0.05, 0.1) is 52.1 Å². The van der Waals surface area contributed by atoms with Gasteiger partial charge < -0.3 is 51.2 Å². The van der Waals surface area contributed by atoms with E-state index in [-0.39, 0.29) is 90.5 Å². The number of likely N-dealkylation sites (N-methyl/N-ethyl adjacent to an activating group) is 2. The van der Waals surface area contributed by atoms with Gasteiger partial charge in [-0.2, -0.15) is 0 Å². The van der Waals surface area contributed by atoms with Crippen LogP contribution in [0.3, 0.4) is 0 Å². The summed E-state index contributed by atoms with van der Waals surface area (Å²) in [7, 11) is 3.53. The molecule has 4 heterocycles. The summed E-state index contributed by atoms with van der Waals surface area (Å²) in [5.41, 5.74) is 3.11. The van der Waals surface area contributed by atoms with Gasteiger partial charge in [0.25, 0.3) is 0 Å². The molecule has 4 saturated heterocycles. The third-order valence-corrected chi connectivity index (χ3v) is 18.3. The van der Waals surface area contributed by atoms with Crippen molar-refractivity contribution in [3.8, 4) is 23.7 Å². The van der Waals surface area contributed by atoms with Crippen molar-refractivity contribution in [3.05, 3.63) is 70.8 Å². The largest absolute Gasteiger partial charge is 0.367 e. The number of nitrogens with one attached hydrogen (secondary N) is 6. The molecule has 4 fully saturated rings. The highest BCUT2D eigenvalue weighted by atomic mass is 35.5. The van der Waals surface area contributed by atoms with Crippen LogP contribution in [0.25, 0.3) is 0 Å². The molecule has 2 aromatic rings. The first kappa shape index (κ1) is 59.2. The summed E-state index contributed by atoms with van der Waals surface area (Å²) in [5.74, 6) is 12.2. The van der Waals surface area contributed by atoms with Gasteiger partial charge in [-0.05, 0) is 110 Å². The molecular formula is C54H72Cl2N8O7S3. The molecule has 5 amide bonds. The van der Waals surface area contributed by atoms with Gasteiger partial charge >= 0.3 is 0 Å². The van der Waals surface area contributed by atoms with E-state index in [0.717, 1.165) is 28.0 Å². The van der Waals surface area contributed by atoms with E-state index in [4.69, 9.17) is 21.7 Å². The quantitative estimate of drug-likeness (QED) is 0.114. The molecular weight excluding hydrogens is 1040 g/mol. The Bertz CT molecular complexity index is 2380. The van der Waals surface area contributed by atoms with Crippen LogP contribution in [0.4, 0.5) is 0 Å². The van der Waals surface area contributed by atoms with Crippen molar-refractivity contribution < 1.29 is 33.4 Å². The van der Waals surface area contributed by atoms with E-state index < -0.39 is 59.2 Å². The Balaban J connectivity index is 0.00000446. The second kappa shape index (κ2) is 25.4. The molecule has 12 atom stereocenters. The van der Waals surface area contributed by atoms with Gasteiger partial charge in [-0.3, -0.25) is 24.0 Å². The van der Waals surface area contributed by atoms with Crippen LogP contribution in [-0.2, 0) is 46.3 Å². The van der Waals surface area contributed by atoms with Crippen LogP contribution in [0.15, 0.2) is 48.5 Å². The first-order chi connectivity index (χ1) is 34.4. The first-order valence-electron chi connectivity index (χ1n) is 25.2. The lowest BCUT2D eigenvalue weighted by Gasteiger charge is -2.35. The fraction of sp³-hybridized carbons (Fsp3) is 0.593. The van der Waals surface area contributed by atoms with Crippen molar-refractivity contribution in [3.63, 3.8) is 0 Å². The van der Waals surface area contributed by atoms with Crippen LogP contribution >= 0.6 is 60.6 Å². The molecule has 2 aliphatic carbocycles. The molecule has 0 radical (unpaired) electrons. The van der Waals surface area contributed by atoms with Gasteiger partial charge in [0.1, 0.15) is 37.4 Å². The average molecular weight is 1110 g/mol. The second-order valence-electron chi connectivity index (χ2n) is 21.1. The number of hydrogen-bond acceptors (Lipinski definition) is 12. The molecule has 8 rings (SSSR count). The maximum atomic E-state index is 14.6. The molecule has 0 bridgehead atoms. The SMILES string of the molecule is CN[C@@H](C)C(=O)N[C@H]1CCS[C@H]2CC(C)(C)[C@@H](C(=O)N[C@H]3c4ccccc4C[C@H]3OCC#CC#CCO[C@@H]3Cc4ccccc4[C@@H]3NC(=O)[C@H]3N4C(=O)[C@@H](NC(=S)[C@H](C)NC)CCS[C@H]4CC3(C)C)N2C1=O.Cl.Cl. The third kappa shape index (κ3) is 12.7. The molecule has 2 aromatic carbocycles. The molecule has 0 spiro atoms. The number of nitrogens with zero attached hydrogens (tertiary/aromatic N) is 2. The number of hydrogen-bond donors (Lipinski definition) is 6. The lowest BCUT2D eigenvalue weighted by Crippen LogP contribution is -2.58. The van der Waals surface area contributed by atoms with Crippen molar-refractivity contribution in [1.29, 1.82) is 0 Å². The number of carbonyl (C=O) groups is 5. The van der Waals surface area contributed by atoms with E-state index in [0.29, 0.717) is 49.3 Å². The van der Waals surface area contributed by atoms with Crippen molar-refractivity contribution in [2.75, 3.05) is 38.8 Å². The lowest BCUT2D eigenvalue weighted by molar-refractivity contribution is -0.144. The van der Waals surface area contributed by atoms with Gasteiger partial charge in [-0.15, -0.1) is 48.3 Å². The van der Waals surface area contributed by atoms with Crippen molar-refractivity contribution in [2.24, 2.45) is 10.8 Å². The highest BCUT2D eigenvalue weighted by Gasteiger charge is 2.57. The number of thiocarbonyl (C=S) groups is 1. The number of fused-ring (bicyclic) bond motifs is 4. The van der Waals surface area contributed by atoms with E-state index in [1.165, 1.54) is 0 Å². The van der Waals surface area contributed by atoms with E-state index in [1.807, 2.05) is 70.3 Å². The van der Waals surface area contributed by atoms with Gasteiger partial charge in [0.2, 0.25) is 29.5 Å². The zero-order chi connectivity index (χ0) is 51.5. The first-order valence-corrected chi connectivity index (χ1v) is 27.7. The zero-order valence-corrected chi connectivity index (χ0v) is 47.5. The molecule has 6 N–H and O–H groups in total. The molecule has 402 valence electrons. The minimum Gasteiger partial charge on any atom is -0.367 e. The van der Waals surface area contributed by atoms with Gasteiger partial charge in [0, 0.05) is 12.8 Å². The predicted molar refractivity (Wildman–Crippen MR) is 300 cm³/mol. The Morgan fingerprint density at radius 3 is 1.53 bits per heavy atom. The van der Waals surface area contributed by atoms with Crippen molar-refractivity contribution in [2.45, 2.75) is 151 Å². The van der Waals surface area contributed by atoms with E-state index in [2.05, 4.69) is 75.5 Å². The van der Waals surface area contributed by atoms with Crippen LogP contribution in [0.1, 0.15) is 102 Å². The molecule has 0 unspecified atom stereocenters. The maximum Gasteiger partial charge on any atom is 0.246 e. The maximum absolute atomic E-state index is 14.6. The highest BCUT2D eigenvalue weighted by Crippen LogP contribution is 2.48. The molecule has 0 aromatic heterocycles. The van der Waals surface area contributed by atoms with Crippen LogP contribution < -0.4 is 31.9 Å². The summed E-state index contributed by atoms with van der Waals surface area (Å²) >= 11 is 9.01. The monoisotopic (exact) mass is 1110 g/mol. The molecule has 4 aliphatic heterocycles. The second-order valence-corrected chi connectivity index (χ2v) is 24.1. The van der Waals surface area contributed by atoms with Gasteiger partial charge in [0.15, 0.2) is 0 Å². The Morgan fingerprint density at radius 1 is 0.676 bits per heavy atom. The average Bonchev–Trinajstić information content (AvgIpc) is 3.99. The van der Waals surface area contributed by atoms with Gasteiger partial charge in [-0.25, -0.2) is 0 Å². The normalized spacial score (nSPS) is 28.8. The zero-order valence-electron chi connectivity index (χ0n) is 43.4. The number of thioether (sulfide) groups is 2. The molecule has 20 heteroatoms. The molecule has 6 aliphatic rings. The van der Waals surface area contributed by atoms with Crippen LogP contribution in [-0.4, -0.2) is 142 Å². The van der Waals surface area contributed by atoms with Crippen LogP contribution in [0.5, 0.6) is 0 Å². The van der Waals surface area contributed by atoms with Crippen molar-refractivity contribution in [1.82, 2.24) is 41.7 Å². The fourth-order valence-corrected chi connectivity index (χ4v) is 14.7. The fourth-order valence-electron chi connectivity index (χ4n) is 11.2. The Morgan fingerprint density at radius 2 is 1.09 bits per heavy atom. The van der Waals surface area contributed by atoms with Gasteiger partial charge in [-0.1, -0.05) is 100 Å². The Hall–Kier alpha value is -4.08. The topological polar surface area (TPSA) is 182 Å². The standard InChI is InChI=1S/C54H70N8O7S3.2ClH/c1-31(55-7)47(63)57-37-21-25-71-41-29-53(3,4)45(61(41)51(37)66)48(64)59-43-35-19-13-11-17-33(35)27-39(43)68-23-15-9-10-16-24-69-40-28-34-18-12-14-20-36(34)44(40)60-49(65)46-54(5,6)30-42-62(46)52(67)38(22-26-72-42)58-50(70)32(2)56-8;;/h11-14,17-20,31-32,37-46,55-56H,21-30H2,1-8H3,(H,57,63)(H,58,70)(H,59,64)(H,60,65);2*1H/t31-,32-,37-,38-,39+,40+,41-,42-,43-,44-,45+,46+;;/m0../s1. The predicted octanol–water partition coefficient (Wildman–Crippen LogP) is 4.60. The summed E-state index contributed by atoms with van der Waals surface area (Å²) in [6.45, 7) is 12.0. The van der Waals surface area contributed by atoms with Crippen LogP contribution in [0, 0.1) is 34.5 Å². The molecule has 15 nitrogen and oxygen atoms in total. The lowest BCUT2D eigenvalue weighted by atomic mass is 9.83. The summed E-state index contributed by atoms with van der Waals surface area (Å²) in [4.78, 5) is 74.5. The number of carbonyl (C=O) groups excluding carboxylic acids is 5. The molecule has 0 saturated carbocycles. The van der Waals surface area contributed by atoms with Crippen molar-refractivity contribution >= 4 is 95.1 Å². The van der Waals surface area contributed by atoms with E-state index in [1.54, 1.807) is 47.3 Å². The number of rotatable bonds is 14. The summed E-state index contributed by atoms with van der Waals surface area (Å²) in [6.07, 6.45) is 2.83. The van der Waals surface area contributed by atoms with Crippen LogP contribution in [0.2, 0.25) is 0 Å². The molecule has 74 heavy (non-hydrogen) atoms. The van der Waals surface area contributed by atoms with E-state index >= 15 is 0 Å². The summed E-state index contributed by atoms with van der Waals surface area (Å²) < 4.78 is 12.7. The Kier molecular flexibility index (Phi) is 20.3. The minimum atomic E-state index is -0.748. The number of halogens is 2. The number of benzene rings is 2. The number of ether oxygens (including phenoxy) is 2. The highest BCUT2D eigenvalue weighted by molar-refractivity contribution is 8.00. The Labute approximate surface area is 463 Å². The third-order valence-electron chi connectivity index (χ3n) is 15.3. The summed E-state index contributed by atoms with van der Waals surface area (Å²) in [5, 5.41) is 18.6. The minimum absolute atomic E-state index is 0. The number of amides is 5.